The molecule has 0 amide bonds. The van der Waals surface area contributed by atoms with Gasteiger partial charge in [0.25, 0.3) is 0 Å². The van der Waals surface area contributed by atoms with Gasteiger partial charge in [0.2, 0.25) is 0 Å². The number of aryl methyl sites for hydroxylation is 1. The van der Waals surface area contributed by atoms with Crippen LogP contribution in [0.5, 0.6) is 0 Å². The number of rotatable bonds is 3. The van der Waals surface area contributed by atoms with Gasteiger partial charge in [0.05, 0.1) is 28.2 Å². The summed E-state index contributed by atoms with van der Waals surface area (Å²) in [5.41, 5.74) is 4.59. The van der Waals surface area contributed by atoms with Crippen molar-refractivity contribution in [2.24, 2.45) is 0 Å². The molecule has 0 aliphatic heterocycles. The van der Waals surface area contributed by atoms with Crippen molar-refractivity contribution in [3.63, 3.8) is 0 Å². The van der Waals surface area contributed by atoms with Crippen LogP contribution in [0.1, 0.15) is 4.88 Å². The van der Waals surface area contributed by atoms with E-state index in [2.05, 4.69) is 15.0 Å². The Morgan fingerprint density at radius 3 is 2.79 bits per heavy atom. The summed E-state index contributed by atoms with van der Waals surface area (Å²) in [6.45, 7) is 2.04. The topological polar surface area (TPSA) is 54.5 Å². The molecule has 3 heterocycles. The smallest absolute Gasteiger partial charge is 0.144 e. The Kier molecular flexibility index (Phi) is 4.38. The van der Waals surface area contributed by atoms with Crippen molar-refractivity contribution in [2.75, 3.05) is 0 Å². The van der Waals surface area contributed by atoms with Gasteiger partial charge < -0.3 is 4.98 Å². The number of benzene rings is 2. The van der Waals surface area contributed by atoms with E-state index < -0.39 is 0 Å². The fourth-order valence-electron chi connectivity index (χ4n) is 3.35. The van der Waals surface area contributed by atoms with Crippen molar-refractivity contribution in [1.29, 1.82) is 0 Å². The molecule has 0 aliphatic rings. The van der Waals surface area contributed by atoms with Crippen molar-refractivity contribution in [3.05, 3.63) is 76.8 Å². The van der Waals surface area contributed by atoms with E-state index in [1.54, 1.807) is 42.1 Å². The molecule has 0 bridgehead atoms. The number of fused-ring (bicyclic) bond motifs is 1. The quantitative estimate of drug-likeness (QED) is 0.361. The van der Waals surface area contributed by atoms with Crippen LogP contribution in [0.4, 0.5) is 4.39 Å². The first-order valence-electron chi connectivity index (χ1n) is 8.91. The molecule has 7 heteroatoms. The van der Waals surface area contributed by atoms with E-state index in [1.165, 1.54) is 6.07 Å². The lowest BCUT2D eigenvalue weighted by atomic mass is 10.1. The Labute approximate surface area is 175 Å². The minimum Gasteiger partial charge on any atom is -0.354 e. The second-order valence-electron chi connectivity index (χ2n) is 6.60. The summed E-state index contributed by atoms with van der Waals surface area (Å²) in [4.78, 5) is 17.6. The summed E-state index contributed by atoms with van der Waals surface area (Å²) in [5.74, 6) is -0.353. The summed E-state index contributed by atoms with van der Waals surface area (Å²) < 4.78 is 14.3. The van der Waals surface area contributed by atoms with Gasteiger partial charge in [-0.25, -0.2) is 9.37 Å². The number of hydrogen-bond donors (Lipinski definition) is 1. The second-order valence-corrected chi connectivity index (χ2v) is 8.21. The standard InChI is InChI=1S/C22H14ClFN4S/c1-12-21(28-22(29-12)19-11-25-7-8-26-19)13-5-6-17-14(9-13)10-18(27-17)20-15(23)3-2-4-16(20)24/h2-11,27H,1H3. The zero-order valence-corrected chi connectivity index (χ0v) is 16.9. The van der Waals surface area contributed by atoms with Crippen LogP contribution in [0, 0.1) is 12.7 Å². The van der Waals surface area contributed by atoms with Gasteiger partial charge >= 0.3 is 0 Å². The normalized spacial score (nSPS) is 11.3. The fraction of sp³-hybridized carbons (Fsp3) is 0.0455. The Morgan fingerprint density at radius 2 is 2.00 bits per heavy atom. The molecule has 3 aromatic heterocycles. The number of aromatic amines is 1. The molecule has 142 valence electrons. The van der Waals surface area contributed by atoms with Gasteiger partial charge in [0.1, 0.15) is 16.5 Å². The van der Waals surface area contributed by atoms with Crippen molar-refractivity contribution in [3.8, 4) is 33.2 Å². The van der Waals surface area contributed by atoms with Crippen LogP contribution in [0.2, 0.25) is 5.02 Å². The molecule has 0 unspecified atom stereocenters. The van der Waals surface area contributed by atoms with Gasteiger partial charge in [-0.05, 0) is 37.3 Å². The monoisotopic (exact) mass is 420 g/mol. The second kappa shape index (κ2) is 7.06. The van der Waals surface area contributed by atoms with Crippen molar-refractivity contribution >= 4 is 33.8 Å². The summed E-state index contributed by atoms with van der Waals surface area (Å²) in [6.07, 6.45) is 5.01. The van der Waals surface area contributed by atoms with Crippen molar-refractivity contribution < 1.29 is 4.39 Å². The van der Waals surface area contributed by atoms with E-state index in [9.17, 15) is 4.39 Å². The van der Waals surface area contributed by atoms with Gasteiger partial charge in [-0.3, -0.25) is 9.97 Å². The highest BCUT2D eigenvalue weighted by atomic mass is 35.5. The van der Waals surface area contributed by atoms with Crippen molar-refractivity contribution in [1.82, 2.24) is 19.9 Å². The van der Waals surface area contributed by atoms with Gasteiger partial charge in [0, 0.05) is 33.7 Å². The molecule has 0 atom stereocenters. The SMILES string of the molecule is Cc1sc(-c2cnccn2)nc1-c1ccc2[nH]c(-c3c(F)cccc3Cl)cc2c1. The first-order valence-corrected chi connectivity index (χ1v) is 10.1. The van der Waals surface area contributed by atoms with Crippen LogP contribution in [-0.4, -0.2) is 19.9 Å². The van der Waals surface area contributed by atoms with Gasteiger partial charge in [-0.1, -0.05) is 23.7 Å². The van der Waals surface area contributed by atoms with Gasteiger partial charge in [-0.2, -0.15) is 0 Å². The molecule has 0 radical (unpaired) electrons. The highest BCUT2D eigenvalue weighted by molar-refractivity contribution is 7.15. The lowest BCUT2D eigenvalue weighted by Crippen LogP contribution is -1.85. The number of halogens is 2. The number of hydrogen-bond acceptors (Lipinski definition) is 4. The Balaban J connectivity index is 1.59. The summed E-state index contributed by atoms with van der Waals surface area (Å²) in [6, 6.07) is 12.6. The predicted octanol–water partition coefficient (Wildman–Crippen LogP) is 6.52. The highest BCUT2D eigenvalue weighted by Gasteiger charge is 2.15. The predicted molar refractivity (Wildman–Crippen MR) is 116 cm³/mol. The van der Waals surface area contributed by atoms with E-state index in [-0.39, 0.29) is 5.82 Å². The number of nitrogens with zero attached hydrogens (tertiary/aromatic N) is 3. The third-order valence-corrected chi connectivity index (χ3v) is 6.01. The molecule has 2 aromatic carbocycles. The van der Waals surface area contributed by atoms with Crippen LogP contribution < -0.4 is 0 Å². The van der Waals surface area contributed by atoms with Crippen LogP contribution in [-0.2, 0) is 0 Å². The molecular weight excluding hydrogens is 407 g/mol. The molecule has 29 heavy (non-hydrogen) atoms. The number of thiazole rings is 1. The van der Waals surface area contributed by atoms with Crippen LogP contribution in [0.15, 0.2) is 61.1 Å². The highest BCUT2D eigenvalue weighted by Crippen LogP contribution is 2.36. The number of H-pyrrole nitrogens is 1. The van der Waals surface area contributed by atoms with E-state index in [4.69, 9.17) is 16.6 Å². The molecule has 5 aromatic rings. The minimum atomic E-state index is -0.353. The zero-order valence-electron chi connectivity index (χ0n) is 15.3. The molecule has 0 aliphatic carbocycles. The van der Waals surface area contributed by atoms with E-state index in [0.29, 0.717) is 16.3 Å². The maximum absolute atomic E-state index is 14.3. The largest absolute Gasteiger partial charge is 0.354 e. The van der Waals surface area contributed by atoms with E-state index in [1.807, 2.05) is 31.2 Å². The van der Waals surface area contributed by atoms with Gasteiger partial charge in [0.15, 0.2) is 0 Å². The number of nitrogens with one attached hydrogen (secondary N) is 1. The zero-order chi connectivity index (χ0) is 20.0. The average Bonchev–Trinajstić information content (AvgIpc) is 3.31. The molecule has 0 fully saturated rings. The molecule has 5 rings (SSSR count). The molecule has 1 N–H and O–H groups in total. The van der Waals surface area contributed by atoms with E-state index >= 15 is 0 Å². The van der Waals surface area contributed by atoms with Gasteiger partial charge in [-0.15, -0.1) is 11.3 Å². The maximum Gasteiger partial charge on any atom is 0.144 e. The molecule has 0 spiro atoms. The third kappa shape index (κ3) is 3.20. The number of aromatic nitrogens is 4. The minimum absolute atomic E-state index is 0.353. The Hall–Kier alpha value is -3.09. The van der Waals surface area contributed by atoms with E-state index in [0.717, 1.165) is 37.7 Å². The summed E-state index contributed by atoms with van der Waals surface area (Å²) in [5, 5.41) is 2.17. The Bertz CT molecular complexity index is 1320. The molecule has 0 saturated carbocycles. The van der Waals surface area contributed by atoms with Crippen molar-refractivity contribution in [2.45, 2.75) is 6.92 Å². The first kappa shape index (κ1) is 18.0. The fourth-order valence-corrected chi connectivity index (χ4v) is 4.51. The van der Waals surface area contributed by atoms with Crippen LogP contribution in [0.25, 0.3) is 44.1 Å². The van der Waals surface area contributed by atoms with Crippen LogP contribution >= 0.6 is 22.9 Å². The summed E-state index contributed by atoms with van der Waals surface area (Å²) >= 11 is 7.81. The molecule has 0 saturated heterocycles. The Morgan fingerprint density at radius 1 is 1.10 bits per heavy atom. The van der Waals surface area contributed by atoms with Crippen LogP contribution in [0.3, 0.4) is 0 Å². The first-order chi connectivity index (χ1) is 14.1. The maximum atomic E-state index is 14.3. The third-order valence-electron chi connectivity index (χ3n) is 4.71. The lowest BCUT2D eigenvalue weighted by molar-refractivity contribution is 0.631. The molecule has 4 nitrogen and oxygen atoms in total. The lowest BCUT2D eigenvalue weighted by Gasteiger charge is -2.02. The summed E-state index contributed by atoms with van der Waals surface area (Å²) in [7, 11) is 0. The average molecular weight is 421 g/mol. The molecular formula is C22H14ClFN4S.